The number of hydrogen-bond acceptors (Lipinski definition) is 4. The fourth-order valence-electron chi connectivity index (χ4n) is 1.92. The zero-order valence-electron chi connectivity index (χ0n) is 12.1. The number of rotatable bonds is 5. The van der Waals surface area contributed by atoms with Gasteiger partial charge in [0.25, 0.3) is 11.6 Å². The van der Waals surface area contributed by atoms with Crippen LogP contribution in [0.3, 0.4) is 0 Å². The van der Waals surface area contributed by atoms with Crippen molar-refractivity contribution in [3.63, 3.8) is 0 Å². The number of amides is 1. The first kappa shape index (κ1) is 15.9. The number of hydrogen-bond donors (Lipinski definition) is 1. The first-order chi connectivity index (χ1) is 11.1. The predicted molar refractivity (Wildman–Crippen MR) is 85.0 cm³/mol. The third-order valence-corrected chi connectivity index (χ3v) is 3.05. The zero-order chi connectivity index (χ0) is 16.7. The van der Waals surface area contributed by atoms with Crippen molar-refractivity contribution in [2.45, 2.75) is 6.54 Å². The van der Waals surface area contributed by atoms with Gasteiger partial charge in [0.05, 0.1) is 4.92 Å². The molecule has 0 saturated heterocycles. The van der Waals surface area contributed by atoms with Crippen molar-refractivity contribution in [2.75, 3.05) is 0 Å². The van der Waals surface area contributed by atoms with Gasteiger partial charge in [-0.05, 0) is 17.2 Å². The fraction of sp³-hybridized carbons (Fsp3) is 0.0588. The number of nitro benzene ring substituents is 1. The number of carbonyl (C=O) groups is 1. The lowest BCUT2D eigenvalue weighted by Crippen LogP contribution is -2.23. The lowest BCUT2D eigenvalue weighted by atomic mass is 10.1. The van der Waals surface area contributed by atoms with E-state index in [0.717, 1.165) is 5.56 Å². The molecule has 0 radical (unpaired) electrons. The van der Waals surface area contributed by atoms with E-state index >= 15 is 0 Å². The van der Waals surface area contributed by atoms with Crippen LogP contribution in [-0.4, -0.2) is 10.8 Å². The summed E-state index contributed by atoms with van der Waals surface area (Å²) in [5, 5.41) is 22.5. The van der Waals surface area contributed by atoms with Gasteiger partial charge in [-0.1, -0.05) is 42.5 Å². The van der Waals surface area contributed by atoms with Gasteiger partial charge < -0.3 is 5.32 Å². The molecule has 0 aliphatic heterocycles. The summed E-state index contributed by atoms with van der Waals surface area (Å²) in [6.45, 7) is 0.299. The summed E-state index contributed by atoms with van der Waals surface area (Å²) in [7, 11) is 0. The van der Waals surface area contributed by atoms with Crippen molar-refractivity contribution in [2.24, 2.45) is 0 Å². The highest BCUT2D eigenvalue weighted by Crippen LogP contribution is 2.15. The Labute approximate surface area is 132 Å². The Hall–Kier alpha value is -3.46. The Morgan fingerprint density at radius 3 is 2.61 bits per heavy atom. The highest BCUT2D eigenvalue weighted by Gasteiger charge is 2.10. The maximum Gasteiger partial charge on any atom is 0.270 e. The lowest BCUT2D eigenvalue weighted by molar-refractivity contribution is -0.384. The van der Waals surface area contributed by atoms with Gasteiger partial charge >= 0.3 is 0 Å². The van der Waals surface area contributed by atoms with E-state index in [1.165, 1.54) is 24.3 Å². The van der Waals surface area contributed by atoms with Crippen LogP contribution >= 0.6 is 0 Å². The van der Waals surface area contributed by atoms with E-state index in [0.29, 0.717) is 12.1 Å². The average Bonchev–Trinajstić information content (AvgIpc) is 2.58. The van der Waals surface area contributed by atoms with E-state index in [-0.39, 0.29) is 11.3 Å². The molecule has 0 fully saturated rings. The van der Waals surface area contributed by atoms with Crippen LogP contribution in [0.2, 0.25) is 0 Å². The molecule has 23 heavy (non-hydrogen) atoms. The van der Waals surface area contributed by atoms with Gasteiger partial charge in [-0.15, -0.1) is 0 Å². The van der Waals surface area contributed by atoms with Crippen LogP contribution in [0.4, 0.5) is 5.69 Å². The van der Waals surface area contributed by atoms with Crippen molar-refractivity contribution < 1.29 is 9.72 Å². The van der Waals surface area contributed by atoms with Crippen LogP contribution in [-0.2, 0) is 11.3 Å². The van der Waals surface area contributed by atoms with Gasteiger partial charge in [0, 0.05) is 18.7 Å². The van der Waals surface area contributed by atoms with Gasteiger partial charge in [-0.3, -0.25) is 14.9 Å². The van der Waals surface area contributed by atoms with Crippen LogP contribution < -0.4 is 5.32 Å². The van der Waals surface area contributed by atoms with E-state index < -0.39 is 10.8 Å². The number of nitro groups is 1. The molecule has 2 aromatic carbocycles. The summed E-state index contributed by atoms with van der Waals surface area (Å²) < 4.78 is 0. The van der Waals surface area contributed by atoms with E-state index in [9.17, 15) is 14.9 Å². The number of benzene rings is 2. The van der Waals surface area contributed by atoms with Crippen LogP contribution in [0.5, 0.6) is 0 Å². The summed E-state index contributed by atoms with van der Waals surface area (Å²) in [4.78, 5) is 22.2. The molecule has 114 valence electrons. The molecule has 0 aliphatic rings. The topological polar surface area (TPSA) is 96.0 Å². The maximum atomic E-state index is 12.0. The summed E-state index contributed by atoms with van der Waals surface area (Å²) in [5.41, 5.74) is 1.13. The molecule has 6 nitrogen and oxygen atoms in total. The van der Waals surface area contributed by atoms with Crippen LogP contribution in [0.15, 0.2) is 60.2 Å². The molecule has 0 spiro atoms. The van der Waals surface area contributed by atoms with Crippen LogP contribution in [0.1, 0.15) is 11.1 Å². The molecule has 0 aliphatic carbocycles. The number of nitrogens with one attached hydrogen (secondary N) is 1. The minimum atomic E-state index is -0.529. The highest BCUT2D eigenvalue weighted by molar-refractivity contribution is 6.01. The number of nitriles is 1. The molecule has 0 atom stereocenters. The van der Waals surface area contributed by atoms with Crippen LogP contribution in [0, 0.1) is 21.4 Å². The monoisotopic (exact) mass is 307 g/mol. The maximum absolute atomic E-state index is 12.0. The van der Waals surface area contributed by atoms with Crippen molar-refractivity contribution in [3.05, 3.63) is 81.4 Å². The lowest BCUT2D eigenvalue weighted by Gasteiger charge is -2.04. The largest absolute Gasteiger partial charge is 0.347 e. The summed E-state index contributed by atoms with van der Waals surface area (Å²) >= 11 is 0. The van der Waals surface area contributed by atoms with Gasteiger partial charge in [-0.25, -0.2) is 0 Å². The van der Waals surface area contributed by atoms with Gasteiger partial charge in [-0.2, -0.15) is 5.26 Å². The van der Waals surface area contributed by atoms with Crippen molar-refractivity contribution >= 4 is 17.7 Å². The van der Waals surface area contributed by atoms with Gasteiger partial charge in [0.2, 0.25) is 0 Å². The Morgan fingerprint density at radius 2 is 1.96 bits per heavy atom. The molecule has 1 amide bonds. The molecule has 2 rings (SSSR count). The summed E-state index contributed by atoms with van der Waals surface area (Å²) in [5.74, 6) is -0.525. The Bertz CT molecular complexity index is 792. The molecule has 0 unspecified atom stereocenters. The van der Waals surface area contributed by atoms with Crippen LogP contribution in [0.25, 0.3) is 6.08 Å². The molecule has 6 heteroatoms. The number of carbonyl (C=O) groups excluding carboxylic acids is 1. The molecule has 0 saturated carbocycles. The molecule has 2 aromatic rings. The molecule has 1 N–H and O–H groups in total. The molecule has 0 bridgehead atoms. The predicted octanol–water partition coefficient (Wildman–Crippen LogP) is 2.82. The molecule has 0 aromatic heterocycles. The fourth-order valence-corrected chi connectivity index (χ4v) is 1.92. The number of non-ortho nitro benzene ring substituents is 1. The highest BCUT2D eigenvalue weighted by atomic mass is 16.6. The van der Waals surface area contributed by atoms with E-state index in [2.05, 4.69) is 5.32 Å². The molecule has 0 heterocycles. The standard InChI is InChI=1S/C17H13N3O3/c18-11-15(9-14-7-4-8-16(10-14)20(22)23)17(21)19-12-13-5-2-1-3-6-13/h1-10H,12H2,(H,19,21). The molecular weight excluding hydrogens is 294 g/mol. The quantitative estimate of drug-likeness (QED) is 0.397. The average molecular weight is 307 g/mol. The Kier molecular flexibility index (Phi) is 5.21. The number of nitrogens with zero attached hydrogens (tertiary/aromatic N) is 2. The van der Waals surface area contributed by atoms with E-state index in [1.807, 2.05) is 36.4 Å². The van der Waals surface area contributed by atoms with Gasteiger partial charge in [0.1, 0.15) is 11.6 Å². The van der Waals surface area contributed by atoms with Crippen molar-refractivity contribution in [1.82, 2.24) is 5.32 Å². The van der Waals surface area contributed by atoms with E-state index in [4.69, 9.17) is 5.26 Å². The molecular formula is C17H13N3O3. The minimum Gasteiger partial charge on any atom is -0.347 e. The first-order valence-electron chi connectivity index (χ1n) is 6.78. The second-order valence-electron chi connectivity index (χ2n) is 4.69. The Morgan fingerprint density at radius 1 is 1.22 bits per heavy atom. The SMILES string of the molecule is N#CC(=Cc1cccc([N+](=O)[O-])c1)C(=O)NCc1ccccc1. The first-order valence-corrected chi connectivity index (χ1v) is 6.78. The second kappa shape index (κ2) is 7.52. The van der Waals surface area contributed by atoms with Crippen molar-refractivity contribution in [3.8, 4) is 6.07 Å². The summed E-state index contributed by atoms with van der Waals surface area (Å²) in [6.07, 6.45) is 1.33. The van der Waals surface area contributed by atoms with Crippen molar-refractivity contribution in [1.29, 1.82) is 5.26 Å². The second-order valence-corrected chi connectivity index (χ2v) is 4.69. The van der Waals surface area contributed by atoms with Gasteiger partial charge in [0.15, 0.2) is 0 Å². The third kappa shape index (κ3) is 4.51. The zero-order valence-corrected chi connectivity index (χ0v) is 12.1. The smallest absolute Gasteiger partial charge is 0.270 e. The Balaban J connectivity index is 2.12. The third-order valence-electron chi connectivity index (χ3n) is 3.05. The minimum absolute atomic E-state index is 0.0965. The van der Waals surface area contributed by atoms with E-state index in [1.54, 1.807) is 6.07 Å². The normalized spacial score (nSPS) is 10.7. The summed E-state index contributed by atoms with van der Waals surface area (Å²) in [6, 6.07) is 16.9.